The molecule has 1 heterocycles. The van der Waals surface area contributed by atoms with Gasteiger partial charge in [0.15, 0.2) is 0 Å². The Bertz CT molecular complexity index is 424. The van der Waals surface area contributed by atoms with E-state index in [0.29, 0.717) is 26.2 Å². The van der Waals surface area contributed by atoms with Crippen LogP contribution in [0.1, 0.15) is 27.7 Å². The number of piperazine rings is 1. The Morgan fingerprint density at radius 3 is 2.29 bits per heavy atom. The SMILES string of the molecule is CCN1CCN(CC(=O)NC(C)(CN)C(C)C)C(=O)C1=O. The minimum absolute atomic E-state index is 0.107. The molecule has 0 bridgehead atoms. The van der Waals surface area contributed by atoms with E-state index in [-0.39, 0.29) is 18.4 Å². The second-order valence-electron chi connectivity index (χ2n) is 5.94. The first-order valence-corrected chi connectivity index (χ1v) is 7.34. The van der Waals surface area contributed by atoms with E-state index in [1.54, 1.807) is 0 Å². The molecule has 3 N–H and O–H groups in total. The van der Waals surface area contributed by atoms with E-state index in [1.807, 2.05) is 27.7 Å². The fourth-order valence-corrected chi connectivity index (χ4v) is 2.13. The lowest BCUT2D eigenvalue weighted by Gasteiger charge is -2.36. The Morgan fingerprint density at radius 1 is 1.29 bits per heavy atom. The van der Waals surface area contributed by atoms with E-state index < -0.39 is 17.4 Å². The highest BCUT2D eigenvalue weighted by Crippen LogP contribution is 2.14. The lowest BCUT2D eigenvalue weighted by molar-refractivity contribution is -0.156. The van der Waals surface area contributed by atoms with E-state index in [9.17, 15) is 14.4 Å². The molecule has 7 nitrogen and oxygen atoms in total. The van der Waals surface area contributed by atoms with Gasteiger partial charge in [-0.2, -0.15) is 0 Å². The molecule has 1 aliphatic heterocycles. The molecule has 21 heavy (non-hydrogen) atoms. The molecular formula is C14H26N4O3. The van der Waals surface area contributed by atoms with Crippen LogP contribution in [-0.4, -0.2) is 65.8 Å². The van der Waals surface area contributed by atoms with Gasteiger partial charge in [0.1, 0.15) is 6.54 Å². The molecule has 3 amide bonds. The number of carbonyl (C=O) groups excluding carboxylic acids is 3. The smallest absolute Gasteiger partial charge is 0.312 e. The highest BCUT2D eigenvalue weighted by Gasteiger charge is 2.34. The Hall–Kier alpha value is -1.63. The van der Waals surface area contributed by atoms with Crippen molar-refractivity contribution in [2.75, 3.05) is 32.7 Å². The third-order valence-electron chi connectivity index (χ3n) is 4.24. The number of hydrogen-bond acceptors (Lipinski definition) is 4. The van der Waals surface area contributed by atoms with Crippen LogP contribution in [0.25, 0.3) is 0 Å². The second-order valence-corrected chi connectivity index (χ2v) is 5.94. The molecular weight excluding hydrogens is 272 g/mol. The second kappa shape index (κ2) is 6.89. The van der Waals surface area contributed by atoms with Crippen LogP contribution in [0.2, 0.25) is 0 Å². The van der Waals surface area contributed by atoms with Gasteiger partial charge >= 0.3 is 11.8 Å². The van der Waals surface area contributed by atoms with Gasteiger partial charge in [-0.15, -0.1) is 0 Å². The quantitative estimate of drug-likeness (QED) is 0.625. The Labute approximate surface area is 125 Å². The van der Waals surface area contributed by atoms with Crippen LogP contribution in [-0.2, 0) is 14.4 Å². The number of nitrogens with two attached hydrogens (primary N) is 1. The molecule has 1 aliphatic rings. The fraction of sp³-hybridized carbons (Fsp3) is 0.786. The number of likely N-dealkylation sites (N-methyl/N-ethyl adjacent to an activating group) is 1. The summed E-state index contributed by atoms with van der Waals surface area (Å²) >= 11 is 0. The summed E-state index contributed by atoms with van der Waals surface area (Å²) in [6.07, 6.45) is 0. The molecule has 1 rings (SSSR count). The highest BCUT2D eigenvalue weighted by atomic mass is 16.2. The van der Waals surface area contributed by atoms with Crippen LogP contribution in [0.5, 0.6) is 0 Å². The maximum Gasteiger partial charge on any atom is 0.312 e. The highest BCUT2D eigenvalue weighted by molar-refractivity contribution is 6.35. The summed E-state index contributed by atoms with van der Waals surface area (Å²) in [4.78, 5) is 38.6. The summed E-state index contributed by atoms with van der Waals surface area (Å²) in [6.45, 7) is 9.20. The summed E-state index contributed by atoms with van der Waals surface area (Å²) in [6, 6.07) is 0. The van der Waals surface area contributed by atoms with Crippen LogP contribution in [0.3, 0.4) is 0 Å². The molecule has 7 heteroatoms. The van der Waals surface area contributed by atoms with E-state index in [1.165, 1.54) is 9.80 Å². The van der Waals surface area contributed by atoms with Crippen molar-refractivity contribution in [3.8, 4) is 0 Å². The van der Waals surface area contributed by atoms with E-state index >= 15 is 0 Å². The molecule has 0 spiro atoms. The van der Waals surface area contributed by atoms with Gasteiger partial charge in [0.05, 0.1) is 5.54 Å². The molecule has 0 aromatic carbocycles. The number of nitrogens with one attached hydrogen (secondary N) is 1. The molecule has 0 aliphatic carbocycles. The zero-order chi connectivity index (χ0) is 16.2. The molecule has 1 atom stereocenters. The van der Waals surface area contributed by atoms with Gasteiger partial charge in [-0.1, -0.05) is 13.8 Å². The molecule has 0 aromatic rings. The van der Waals surface area contributed by atoms with E-state index in [0.717, 1.165) is 0 Å². The third-order valence-corrected chi connectivity index (χ3v) is 4.24. The van der Waals surface area contributed by atoms with Crippen LogP contribution >= 0.6 is 0 Å². The van der Waals surface area contributed by atoms with E-state index in [4.69, 9.17) is 5.73 Å². The lowest BCUT2D eigenvalue weighted by Crippen LogP contribution is -2.60. The molecule has 1 unspecified atom stereocenters. The number of nitrogens with zero attached hydrogens (tertiary/aromatic N) is 2. The molecule has 120 valence electrons. The van der Waals surface area contributed by atoms with Crippen molar-refractivity contribution in [2.24, 2.45) is 11.7 Å². The summed E-state index contributed by atoms with van der Waals surface area (Å²) < 4.78 is 0. The van der Waals surface area contributed by atoms with Crippen LogP contribution in [0, 0.1) is 5.92 Å². The molecule has 0 aromatic heterocycles. The Morgan fingerprint density at radius 2 is 1.81 bits per heavy atom. The topological polar surface area (TPSA) is 95.7 Å². The standard InChI is InChI=1S/C14H26N4O3/c1-5-17-6-7-18(13(21)12(17)20)8-11(19)16-14(4,9-15)10(2)3/h10H,5-9,15H2,1-4H3,(H,16,19). The van der Waals surface area contributed by atoms with E-state index in [2.05, 4.69) is 5.32 Å². The Kier molecular flexibility index (Phi) is 5.71. The van der Waals surface area contributed by atoms with Gasteiger partial charge in [0.25, 0.3) is 0 Å². The average Bonchev–Trinajstić information content (AvgIpc) is 2.43. The third kappa shape index (κ3) is 3.93. The van der Waals surface area contributed by atoms with Crippen LogP contribution in [0.15, 0.2) is 0 Å². The first-order valence-electron chi connectivity index (χ1n) is 7.34. The number of amides is 3. The minimum atomic E-state index is -0.614. The van der Waals surface area contributed by atoms with Crippen molar-refractivity contribution in [1.29, 1.82) is 0 Å². The molecule has 0 radical (unpaired) electrons. The molecule has 0 saturated carbocycles. The van der Waals surface area contributed by atoms with Gasteiger partial charge in [-0.3, -0.25) is 14.4 Å². The van der Waals surface area contributed by atoms with Gasteiger partial charge in [0, 0.05) is 26.2 Å². The van der Waals surface area contributed by atoms with Crippen molar-refractivity contribution in [2.45, 2.75) is 33.2 Å². The summed E-state index contributed by atoms with van der Waals surface area (Å²) in [7, 11) is 0. The molecule has 1 saturated heterocycles. The first-order chi connectivity index (χ1) is 9.75. The van der Waals surface area contributed by atoms with Gasteiger partial charge in [-0.05, 0) is 19.8 Å². The molecule has 1 fully saturated rings. The monoisotopic (exact) mass is 298 g/mol. The summed E-state index contributed by atoms with van der Waals surface area (Å²) in [5, 5.41) is 2.87. The fourth-order valence-electron chi connectivity index (χ4n) is 2.13. The number of carbonyl (C=O) groups is 3. The summed E-state index contributed by atoms with van der Waals surface area (Å²) in [5.74, 6) is -1.28. The normalized spacial score (nSPS) is 19.0. The van der Waals surface area contributed by atoms with Crippen LogP contribution < -0.4 is 11.1 Å². The zero-order valence-electron chi connectivity index (χ0n) is 13.3. The maximum absolute atomic E-state index is 12.1. The van der Waals surface area contributed by atoms with Crippen molar-refractivity contribution < 1.29 is 14.4 Å². The van der Waals surface area contributed by atoms with Crippen molar-refractivity contribution in [3.63, 3.8) is 0 Å². The maximum atomic E-state index is 12.1. The number of rotatable bonds is 6. The Balaban J connectivity index is 2.64. The van der Waals surface area contributed by atoms with Gasteiger partial charge in [-0.25, -0.2) is 0 Å². The minimum Gasteiger partial charge on any atom is -0.348 e. The first kappa shape index (κ1) is 17.4. The van der Waals surface area contributed by atoms with Gasteiger partial charge in [0.2, 0.25) is 5.91 Å². The van der Waals surface area contributed by atoms with Crippen molar-refractivity contribution >= 4 is 17.7 Å². The summed E-state index contributed by atoms with van der Waals surface area (Å²) in [5.41, 5.74) is 5.20. The predicted octanol–water partition coefficient (Wildman–Crippen LogP) is -0.833. The lowest BCUT2D eigenvalue weighted by atomic mass is 9.88. The predicted molar refractivity (Wildman–Crippen MR) is 79.3 cm³/mol. The largest absolute Gasteiger partial charge is 0.348 e. The van der Waals surface area contributed by atoms with Gasteiger partial charge < -0.3 is 20.9 Å². The van der Waals surface area contributed by atoms with Crippen LogP contribution in [0.4, 0.5) is 0 Å². The van der Waals surface area contributed by atoms with Crippen molar-refractivity contribution in [3.05, 3.63) is 0 Å². The number of hydrogen-bond donors (Lipinski definition) is 2. The zero-order valence-corrected chi connectivity index (χ0v) is 13.3. The van der Waals surface area contributed by atoms with Crippen molar-refractivity contribution in [1.82, 2.24) is 15.1 Å². The average molecular weight is 298 g/mol.